The Balaban J connectivity index is 2.99. The highest BCUT2D eigenvalue weighted by Gasteiger charge is 2.06. The number of rotatable bonds is 0. The van der Waals surface area contributed by atoms with Crippen LogP contribution in [0.4, 0.5) is 11.5 Å². The van der Waals surface area contributed by atoms with Crippen LogP contribution in [0, 0.1) is 0 Å². The van der Waals surface area contributed by atoms with Gasteiger partial charge in [-0.25, -0.2) is 0 Å². The third-order valence-corrected chi connectivity index (χ3v) is 1.92. The molecule has 62 valence electrons. The van der Waals surface area contributed by atoms with Crippen molar-refractivity contribution in [3.63, 3.8) is 0 Å². The van der Waals surface area contributed by atoms with Crippen LogP contribution in [0.15, 0.2) is 18.2 Å². The van der Waals surface area contributed by atoms with Crippen molar-refractivity contribution in [2.24, 2.45) is 7.05 Å². The van der Waals surface area contributed by atoms with Crippen molar-refractivity contribution in [2.75, 3.05) is 11.5 Å². The molecule has 4 heteroatoms. The lowest BCUT2D eigenvalue weighted by molar-refractivity contribution is 0.803. The summed E-state index contributed by atoms with van der Waals surface area (Å²) in [6, 6.07) is 5.62. The number of hydrogen-bond acceptors (Lipinski definition) is 3. The maximum absolute atomic E-state index is 5.75. The lowest BCUT2D eigenvalue weighted by atomic mass is 10.2. The first-order valence-electron chi connectivity index (χ1n) is 3.67. The lowest BCUT2D eigenvalue weighted by Crippen LogP contribution is -1.94. The standard InChI is InChI=1S/C8H10N4/c1-12-7-5(8(10)11-12)3-2-4-6(7)9/h2-4H,9H2,1H3,(H2,10,11). The molecule has 0 aliphatic carbocycles. The number of aromatic nitrogens is 2. The number of hydrogen-bond donors (Lipinski definition) is 2. The fraction of sp³-hybridized carbons (Fsp3) is 0.125. The summed E-state index contributed by atoms with van der Waals surface area (Å²) in [5.41, 5.74) is 13.0. The molecule has 0 aliphatic heterocycles. The van der Waals surface area contributed by atoms with E-state index in [9.17, 15) is 0 Å². The van der Waals surface area contributed by atoms with Crippen LogP contribution in [0.25, 0.3) is 10.9 Å². The van der Waals surface area contributed by atoms with Crippen molar-refractivity contribution in [3.8, 4) is 0 Å². The van der Waals surface area contributed by atoms with Crippen molar-refractivity contribution in [1.82, 2.24) is 9.78 Å². The van der Waals surface area contributed by atoms with Gasteiger partial charge in [0.2, 0.25) is 0 Å². The van der Waals surface area contributed by atoms with Crippen molar-refractivity contribution in [1.29, 1.82) is 0 Å². The zero-order valence-corrected chi connectivity index (χ0v) is 6.78. The van der Waals surface area contributed by atoms with E-state index >= 15 is 0 Å². The zero-order chi connectivity index (χ0) is 8.72. The van der Waals surface area contributed by atoms with Crippen LogP contribution in [0.3, 0.4) is 0 Å². The SMILES string of the molecule is Cn1nc(N)c2cccc(N)c21. The van der Waals surface area contributed by atoms with Crippen molar-refractivity contribution < 1.29 is 0 Å². The maximum atomic E-state index is 5.75. The predicted molar refractivity (Wildman–Crippen MR) is 49.5 cm³/mol. The number of nitrogens with zero attached hydrogens (tertiary/aromatic N) is 2. The Morgan fingerprint density at radius 1 is 1.33 bits per heavy atom. The quantitative estimate of drug-likeness (QED) is 0.561. The Hall–Kier alpha value is -1.71. The van der Waals surface area contributed by atoms with Gasteiger partial charge in [0.15, 0.2) is 5.82 Å². The molecule has 0 aliphatic rings. The highest BCUT2D eigenvalue weighted by Crippen LogP contribution is 2.24. The highest BCUT2D eigenvalue weighted by molar-refractivity contribution is 5.96. The molecule has 1 heterocycles. The fourth-order valence-corrected chi connectivity index (χ4v) is 1.39. The maximum Gasteiger partial charge on any atom is 0.153 e. The van der Waals surface area contributed by atoms with Crippen molar-refractivity contribution in [3.05, 3.63) is 18.2 Å². The largest absolute Gasteiger partial charge is 0.397 e. The van der Waals surface area contributed by atoms with E-state index in [0.29, 0.717) is 11.5 Å². The van der Waals surface area contributed by atoms with E-state index in [0.717, 1.165) is 10.9 Å². The number of para-hydroxylation sites is 1. The summed E-state index contributed by atoms with van der Waals surface area (Å²) < 4.78 is 1.69. The summed E-state index contributed by atoms with van der Waals surface area (Å²) in [4.78, 5) is 0. The van der Waals surface area contributed by atoms with E-state index in [1.807, 2.05) is 25.2 Å². The Kier molecular flexibility index (Phi) is 1.24. The van der Waals surface area contributed by atoms with E-state index in [2.05, 4.69) is 5.10 Å². The predicted octanol–water partition coefficient (Wildman–Crippen LogP) is 0.738. The minimum absolute atomic E-state index is 0.528. The van der Waals surface area contributed by atoms with E-state index in [-0.39, 0.29) is 0 Å². The van der Waals surface area contributed by atoms with Gasteiger partial charge in [-0.3, -0.25) is 4.68 Å². The highest BCUT2D eigenvalue weighted by atomic mass is 15.3. The molecule has 0 spiro atoms. The van der Waals surface area contributed by atoms with Crippen LogP contribution in [-0.4, -0.2) is 9.78 Å². The molecule has 0 fully saturated rings. The first-order valence-corrected chi connectivity index (χ1v) is 3.67. The molecule has 1 aromatic carbocycles. The number of aryl methyl sites for hydroxylation is 1. The summed E-state index contributed by atoms with van der Waals surface area (Å²) in [5, 5.41) is 4.98. The first-order chi connectivity index (χ1) is 5.70. The molecule has 0 atom stereocenters. The molecule has 0 unspecified atom stereocenters. The topological polar surface area (TPSA) is 69.9 Å². The van der Waals surface area contributed by atoms with Gasteiger partial charge in [0, 0.05) is 12.4 Å². The summed E-state index contributed by atoms with van der Waals surface area (Å²) in [6.45, 7) is 0. The van der Waals surface area contributed by atoms with Gasteiger partial charge in [0.25, 0.3) is 0 Å². The molecule has 1 aromatic heterocycles. The molecule has 2 rings (SSSR count). The van der Waals surface area contributed by atoms with Gasteiger partial charge in [-0.2, -0.15) is 5.10 Å². The molecule has 2 aromatic rings. The third-order valence-electron chi connectivity index (χ3n) is 1.92. The average Bonchev–Trinajstić information content (AvgIpc) is 2.29. The van der Waals surface area contributed by atoms with E-state index in [4.69, 9.17) is 11.5 Å². The Morgan fingerprint density at radius 2 is 2.08 bits per heavy atom. The van der Waals surface area contributed by atoms with Gasteiger partial charge in [-0.1, -0.05) is 6.07 Å². The van der Waals surface area contributed by atoms with Gasteiger partial charge >= 0.3 is 0 Å². The van der Waals surface area contributed by atoms with Crippen LogP contribution < -0.4 is 11.5 Å². The van der Waals surface area contributed by atoms with Crippen LogP contribution in [-0.2, 0) is 7.05 Å². The normalized spacial score (nSPS) is 10.8. The molecule has 4 nitrogen and oxygen atoms in total. The average molecular weight is 162 g/mol. The summed E-state index contributed by atoms with van der Waals surface area (Å²) in [6.07, 6.45) is 0. The molecule has 4 N–H and O–H groups in total. The molecular formula is C8H10N4. The molecule has 0 amide bonds. The van der Waals surface area contributed by atoms with E-state index < -0.39 is 0 Å². The molecule has 0 radical (unpaired) electrons. The van der Waals surface area contributed by atoms with Crippen molar-refractivity contribution >= 4 is 22.4 Å². The number of nitrogens with two attached hydrogens (primary N) is 2. The second-order valence-corrected chi connectivity index (χ2v) is 2.75. The second kappa shape index (κ2) is 2.14. The van der Waals surface area contributed by atoms with Crippen LogP contribution in [0.2, 0.25) is 0 Å². The Morgan fingerprint density at radius 3 is 2.75 bits per heavy atom. The van der Waals surface area contributed by atoms with Crippen LogP contribution in [0.5, 0.6) is 0 Å². The third kappa shape index (κ3) is 0.747. The Bertz CT molecular complexity index is 430. The van der Waals surface area contributed by atoms with Crippen LogP contribution >= 0.6 is 0 Å². The molecule has 0 saturated carbocycles. The lowest BCUT2D eigenvalue weighted by Gasteiger charge is -1.96. The fourth-order valence-electron chi connectivity index (χ4n) is 1.39. The molecule has 0 bridgehead atoms. The monoisotopic (exact) mass is 162 g/mol. The summed E-state index contributed by atoms with van der Waals surface area (Å²) >= 11 is 0. The number of nitrogen functional groups attached to an aromatic ring is 2. The van der Waals surface area contributed by atoms with Gasteiger partial charge in [0.1, 0.15) is 0 Å². The molecular weight excluding hydrogens is 152 g/mol. The summed E-state index contributed by atoms with van der Waals surface area (Å²) in [7, 11) is 1.83. The number of benzene rings is 1. The second-order valence-electron chi connectivity index (χ2n) is 2.75. The zero-order valence-electron chi connectivity index (χ0n) is 6.78. The van der Waals surface area contributed by atoms with Gasteiger partial charge < -0.3 is 11.5 Å². The van der Waals surface area contributed by atoms with Gasteiger partial charge in [0.05, 0.1) is 11.2 Å². The smallest absolute Gasteiger partial charge is 0.153 e. The Labute approximate surface area is 69.8 Å². The molecule has 12 heavy (non-hydrogen) atoms. The minimum Gasteiger partial charge on any atom is -0.397 e. The number of fused-ring (bicyclic) bond motifs is 1. The van der Waals surface area contributed by atoms with E-state index in [1.165, 1.54) is 0 Å². The number of anilines is 2. The molecule has 0 saturated heterocycles. The minimum atomic E-state index is 0.528. The van der Waals surface area contributed by atoms with Gasteiger partial charge in [-0.15, -0.1) is 0 Å². The van der Waals surface area contributed by atoms with E-state index in [1.54, 1.807) is 4.68 Å². The van der Waals surface area contributed by atoms with Crippen LogP contribution in [0.1, 0.15) is 0 Å². The van der Waals surface area contributed by atoms with Gasteiger partial charge in [-0.05, 0) is 12.1 Å². The summed E-state index contributed by atoms with van der Waals surface area (Å²) in [5.74, 6) is 0.528. The first kappa shape index (κ1) is 6.97. The van der Waals surface area contributed by atoms with Crippen molar-refractivity contribution in [2.45, 2.75) is 0 Å².